The van der Waals surface area contributed by atoms with Crippen LogP contribution < -0.4 is 11.1 Å². The molecule has 1 aromatic rings. The molecule has 1 aliphatic rings. The molecule has 0 saturated heterocycles. The number of pyridine rings is 1. The van der Waals surface area contributed by atoms with E-state index in [1.165, 1.54) is 24.8 Å². The van der Waals surface area contributed by atoms with Gasteiger partial charge < -0.3 is 11.1 Å². The molecule has 4 nitrogen and oxygen atoms in total. The Labute approximate surface area is 102 Å². The number of aryl methyl sites for hydroxylation is 1. The third kappa shape index (κ3) is 3.44. The molecule has 0 amide bonds. The third-order valence-electron chi connectivity index (χ3n) is 3.16. The van der Waals surface area contributed by atoms with Crippen LogP contribution in [-0.2, 0) is 13.0 Å². The number of aliphatic imine (C=N–C) groups is 1. The molecule has 1 saturated carbocycles. The molecule has 3 N–H and O–H groups in total. The van der Waals surface area contributed by atoms with Gasteiger partial charge in [-0.1, -0.05) is 6.92 Å². The largest absolute Gasteiger partial charge is 0.370 e. The fourth-order valence-corrected chi connectivity index (χ4v) is 1.81. The monoisotopic (exact) mass is 232 g/mol. The summed E-state index contributed by atoms with van der Waals surface area (Å²) in [5.41, 5.74) is 8.08. The summed E-state index contributed by atoms with van der Waals surface area (Å²) < 4.78 is 0. The summed E-state index contributed by atoms with van der Waals surface area (Å²) in [7, 11) is 0. The van der Waals surface area contributed by atoms with E-state index in [0.717, 1.165) is 12.1 Å². The maximum Gasteiger partial charge on any atom is 0.189 e. The van der Waals surface area contributed by atoms with E-state index in [9.17, 15) is 0 Å². The molecule has 4 heteroatoms. The van der Waals surface area contributed by atoms with E-state index >= 15 is 0 Å². The normalized spacial score (nSPS) is 16.6. The van der Waals surface area contributed by atoms with Gasteiger partial charge in [-0.05, 0) is 43.4 Å². The van der Waals surface area contributed by atoms with Gasteiger partial charge in [0.15, 0.2) is 5.96 Å². The standard InChI is InChI=1S/C13H20N4/c1-2-10-6-7-15-12(8-10)9-16-13(14)17-11-4-3-5-11/h6-8,11H,2-5,9H2,1H3,(H3,14,16,17). The van der Waals surface area contributed by atoms with Crippen molar-refractivity contribution in [1.29, 1.82) is 0 Å². The highest BCUT2D eigenvalue weighted by Gasteiger charge is 2.17. The van der Waals surface area contributed by atoms with E-state index < -0.39 is 0 Å². The Morgan fingerprint density at radius 3 is 3.06 bits per heavy atom. The van der Waals surface area contributed by atoms with Crippen LogP contribution in [0, 0.1) is 0 Å². The first-order valence-corrected chi connectivity index (χ1v) is 6.28. The minimum absolute atomic E-state index is 0.536. The van der Waals surface area contributed by atoms with E-state index in [0.29, 0.717) is 18.5 Å². The Kier molecular flexibility index (Phi) is 3.96. The second-order valence-corrected chi connectivity index (χ2v) is 4.48. The molecule has 1 fully saturated rings. The number of hydrogen-bond acceptors (Lipinski definition) is 2. The van der Waals surface area contributed by atoms with Crippen LogP contribution in [0.3, 0.4) is 0 Å². The zero-order valence-electron chi connectivity index (χ0n) is 10.3. The van der Waals surface area contributed by atoms with Gasteiger partial charge in [-0.2, -0.15) is 0 Å². The van der Waals surface area contributed by atoms with Gasteiger partial charge in [-0.25, -0.2) is 4.99 Å². The number of aromatic nitrogens is 1. The Balaban J connectivity index is 1.88. The lowest BCUT2D eigenvalue weighted by Gasteiger charge is -2.26. The summed E-state index contributed by atoms with van der Waals surface area (Å²) >= 11 is 0. The SMILES string of the molecule is CCc1ccnc(CN=C(N)NC2CCC2)c1. The Morgan fingerprint density at radius 1 is 1.59 bits per heavy atom. The van der Waals surface area contributed by atoms with Crippen LogP contribution in [0.1, 0.15) is 37.4 Å². The van der Waals surface area contributed by atoms with Crippen molar-refractivity contribution in [2.45, 2.75) is 45.2 Å². The third-order valence-corrected chi connectivity index (χ3v) is 3.16. The van der Waals surface area contributed by atoms with Gasteiger partial charge in [0.05, 0.1) is 12.2 Å². The van der Waals surface area contributed by atoms with Crippen LogP contribution in [0.15, 0.2) is 23.3 Å². The molecular formula is C13H20N4. The molecule has 17 heavy (non-hydrogen) atoms. The number of rotatable bonds is 4. The van der Waals surface area contributed by atoms with Crippen molar-refractivity contribution in [2.75, 3.05) is 0 Å². The lowest BCUT2D eigenvalue weighted by Crippen LogP contribution is -2.43. The average molecular weight is 232 g/mol. The van der Waals surface area contributed by atoms with Crippen LogP contribution in [0.2, 0.25) is 0 Å². The van der Waals surface area contributed by atoms with E-state index in [2.05, 4.69) is 28.3 Å². The van der Waals surface area contributed by atoms with Crippen LogP contribution in [0.5, 0.6) is 0 Å². The van der Waals surface area contributed by atoms with Crippen molar-refractivity contribution in [1.82, 2.24) is 10.3 Å². The number of hydrogen-bond donors (Lipinski definition) is 2. The minimum Gasteiger partial charge on any atom is -0.370 e. The molecule has 1 heterocycles. The van der Waals surface area contributed by atoms with Gasteiger partial charge in [-0.15, -0.1) is 0 Å². The Morgan fingerprint density at radius 2 is 2.41 bits per heavy atom. The molecule has 0 atom stereocenters. The van der Waals surface area contributed by atoms with Crippen molar-refractivity contribution in [2.24, 2.45) is 10.7 Å². The quantitative estimate of drug-likeness (QED) is 0.612. The molecule has 0 aromatic carbocycles. The van der Waals surface area contributed by atoms with Gasteiger partial charge in [0.1, 0.15) is 0 Å². The van der Waals surface area contributed by atoms with E-state index in [4.69, 9.17) is 5.73 Å². The van der Waals surface area contributed by atoms with Crippen LogP contribution in [-0.4, -0.2) is 17.0 Å². The summed E-state index contributed by atoms with van der Waals surface area (Å²) in [5, 5.41) is 3.22. The lowest BCUT2D eigenvalue weighted by atomic mass is 9.93. The first-order valence-electron chi connectivity index (χ1n) is 6.28. The van der Waals surface area contributed by atoms with Crippen molar-refractivity contribution in [3.63, 3.8) is 0 Å². The van der Waals surface area contributed by atoms with Gasteiger partial charge in [0.2, 0.25) is 0 Å². The molecule has 0 unspecified atom stereocenters. The number of guanidine groups is 1. The zero-order chi connectivity index (χ0) is 12.1. The average Bonchev–Trinajstić information content (AvgIpc) is 2.31. The van der Waals surface area contributed by atoms with Gasteiger partial charge >= 0.3 is 0 Å². The second-order valence-electron chi connectivity index (χ2n) is 4.48. The van der Waals surface area contributed by atoms with Crippen molar-refractivity contribution < 1.29 is 0 Å². The predicted octanol–water partition coefficient (Wildman–Crippen LogP) is 1.60. The maximum atomic E-state index is 5.81. The Hall–Kier alpha value is -1.58. The lowest BCUT2D eigenvalue weighted by molar-refractivity contribution is 0.382. The summed E-state index contributed by atoms with van der Waals surface area (Å²) in [6, 6.07) is 4.65. The number of nitrogens with one attached hydrogen (secondary N) is 1. The van der Waals surface area contributed by atoms with E-state index in [1.54, 1.807) is 0 Å². The molecular weight excluding hydrogens is 212 g/mol. The highest BCUT2D eigenvalue weighted by molar-refractivity contribution is 5.78. The predicted molar refractivity (Wildman–Crippen MR) is 69.7 cm³/mol. The van der Waals surface area contributed by atoms with Crippen LogP contribution >= 0.6 is 0 Å². The summed E-state index contributed by atoms with van der Waals surface area (Å²) in [4.78, 5) is 8.59. The molecule has 2 rings (SSSR count). The minimum atomic E-state index is 0.536. The molecule has 1 aliphatic carbocycles. The van der Waals surface area contributed by atoms with Crippen LogP contribution in [0.4, 0.5) is 0 Å². The molecule has 0 bridgehead atoms. The molecule has 92 valence electrons. The number of nitrogens with zero attached hydrogens (tertiary/aromatic N) is 2. The molecule has 0 radical (unpaired) electrons. The first-order chi connectivity index (χ1) is 8.28. The highest BCUT2D eigenvalue weighted by atomic mass is 15.1. The van der Waals surface area contributed by atoms with Gasteiger partial charge in [0.25, 0.3) is 0 Å². The van der Waals surface area contributed by atoms with Crippen molar-refractivity contribution in [3.8, 4) is 0 Å². The molecule has 1 aromatic heterocycles. The van der Waals surface area contributed by atoms with E-state index in [-0.39, 0.29) is 0 Å². The smallest absolute Gasteiger partial charge is 0.189 e. The van der Waals surface area contributed by atoms with Crippen molar-refractivity contribution in [3.05, 3.63) is 29.6 Å². The number of nitrogens with two attached hydrogens (primary N) is 1. The fourth-order valence-electron chi connectivity index (χ4n) is 1.81. The van der Waals surface area contributed by atoms with Crippen LogP contribution in [0.25, 0.3) is 0 Å². The Bertz CT molecular complexity index is 396. The molecule has 0 spiro atoms. The first kappa shape index (κ1) is 11.9. The summed E-state index contributed by atoms with van der Waals surface area (Å²) in [5.74, 6) is 0.540. The second kappa shape index (κ2) is 5.66. The summed E-state index contributed by atoms with van der Waals surface area (Å²) in [6.07, 6.45) is 6.57. The highest BCUT2D eigenvalue weighted by Crippen LogP contribution is 2.17. The van der Waals surface area contributed by atoms with Gasteiger partial charge in [0, 0.05) is 12.2 Å². The van der Waals surface area contributed by atoms with Gasteiger partial charge in [-0.3, -0.25) is 4.98 Å². The van der Waals surface area contributed by atoms with Crippen molar-refractivity contribution >= 4 is 5.96 Å². The zero-order valence-corrected chi connectivity index (χ0v) is 10.3. The van der Waals surface area contributed by atoms with E-state index in [1.807, 2.05) is 12.3 Å². The topological polar surface area (TPSA) is 63.3 Å². The fraction of sp³-hybridized carbons (Fsp3) is 0.538. The molecule has 0 aliphatic heterocycles. The summed E-state index contributed by atoms with van der Waals surface area (Å²) in [6.45, 7) is 2.69. The maximum absolute atomic E-state index is 5.81.